The molecule has 1 saturated heterocycles. The van der Waals surface area contributed by atoms with Gasteiger partial charge in [0.15, 0.2) is 0 Å². The molecule has 1 aliphatic heterocycles. The van der Waals surface area contributed by atoms with E-state index < -0.39 is 5.60 Å². The highest BCUT2D eigenvalue weighted by Crippen LogP contribution is 2.15. The van der Waals surface area contributed by atoms with E-state index in [2.05, 4.69) is 10.9 Å². The number of carbonyl (C=O) groups is 1. The summed E-state index contributed by atoms with van der Waals surface area (Å²) in [6.45, 7) is 5.25. The van der Waals surface area contributed by atoms with E-state index >= 15 is 0 Å². The minimum atomic E-state index is -0.683. The molecule has 1 unspecified atom stereocenters. The first kappa shape index (κ1) is 16.9. The van der Waals surface area contributed by atoms with Crippen molar-refractivity contribution in [3.05, 3.63) is 35.4 Å². The minimum absolute atomic E-state index is 0.0406. The van der Waals surface area contributed by atoms with Gasteiger partial charge in [0.2, 0.25) is 0 Å². The van der Waals surface area contributed by atoms with Crippen LogP contribution >= 0.6 is 0 Å². The lowest BCUT2D eigenvalue weighted by atomic mass is 9.98. The van der Waals surface area contributed by atoms with Crippen molar-refractivity contribution in [2.75, 3.05) is 20.1 Å². The zero-order chi connectivity index (χ0) is 16.2. The quantitative estimate of drug-likeness (QED) is 0.742. The molecule has 0 bridgehead atoms. The van der Waals surface area contributed by atoms with Crippen LogP contribution in [0.4, 0.5) is 0 Å². The van der Waals surface area contributed by atoms with E-state index in [4.69, 9.17) is 0 Å². The van der Waals surface area contributed by atoms with Crippen LogP contribution in [0.5, 0.6) is 0 Å². The fourth-order valence-corrected chi connectivity index (χ4v) is 2.62. The largest absolute Gasteiger partial charge is 0.390 e. The number of carbonyl (C=O) groups excluding carboxylic acids is 1. The molecule has 1 aromatic carbocycles. The third kappa shape index (κ3) is 5.09. The van der Waals surface area contributed by atoms with Crippen LogP contribution in [0.1, 0.15) is 42.6 Å². The number of aryl methyl sites for hydroxylation is 1. The predicted molar refractivity (Wildman–Crippen MR) is 87.6 cm³/mol. The molecular weight excluding hydrogens is 278 g/mol. The molecule has 1 aliphatic rings. The summed E-state index contributed by atoms with van der Waals surface area (Å²) in [6, 6.07) is 8.02. The van der Waals surface area contributed by atoms with Crippen molar-refractivity contribution in [1.29, 1.82) is 0 Å². The molecule has 0 aliphatic carbocycles. The molecule has 1 amide bonds. The maximum atomic E-state index is 12.5. The van der Waals surface area contributed by atoms with Gasteiger partial charge in [0.05, 0.1) is 5.60 Å². The molecule has 0 aromatic heterocycles. The van der Waals surface area contributed by atoms with Gasteiger partial charge < -0.3 is 10.0 Å². The van der Waals surface area contributed by atoms with E-state index in [0.717, 1.165) is 24.9 Å². The Hall–Kier alpha value is -1.43. The number of rotatable bonds is 6. The molecule has 122 valence electrons. The highest BCUT2D eigenvalue weighted by atomic mass is 16.3. The fraction of sp³-hybridized carbons (Fsp3) is 0.588. The third-order valence-corrected chi connectivity index (χ3v) is 3.96. The summed E-state index contributed by atoms with van der Waals surface area (Å²) in [5.41, 5.74) is 7.37. The van der Waals surface area contributed by atoms with Gasteiger partial charge in [0.1, 0.15) is 0 Å². The van der Waals surface area contributed by atoms with Crippen molar-refractivity contribution in [2.24, 2.45) is 0 Å². The summed E-state index contributed by atoms with van der Waals surface area (Å²) >= 11 is 0. The number of hydrazine groups is 1. The first-order valence-electron chi connectivity index (χ1n) is 7.90. The Morgan fingerprint density at radius 2 is 2.23 bits per heavy atom. The smallest absolute Gasteiger partial charge is 0.253 e. The molecule has 0 radical (unpaired) electrons. The Morgan fingerprint density at radius 3 is 2.86 bits per heavy atom. The first-order chi connectivity index (χ1) is 10.3. The molecular formula is C17H27N3O2. The number of hydrogen-bond acceptors (Lipinski definition) is 4. The molecule has 1 fully saturated rings. The summed E-state index contributed by atoms with van der Waals surface area (Å²) in [4.78, 5) is 14.3. The van der Waals surface area contributed by atoms with E-state index in [1.165, 1.54) is 0 Å². The van der Waals surface area contributed by atoms with E-state index in [0.29, 0.717) is 24.6 Å². The molecule has 1 atom stereocenters. The van der Waals surface area contributed by atoms with Crippen molar-refractivity contribution in [1.82, 2.24) is 15.8 Å². The number of nitrogens with one attached hydrogen (secondary N) is 2. The zero-order valence-corrected chi connectivity index (χ0v) is 13.7. The molecule has 1 aromatic rings. The Morgan fingerprint density at radius 1 is 1.45 bits per heavy atom. The second kappa shape index (κ2) is 7.22. The summed E-state index contributed by atoms with van der Waals surface area (Å²) in [5, 5.41) is 9.82. The van der Waals surface area contributed by atoms with Gasteiger partial charge in [-0.3, -0.25) is 15.6 Å². The molecule has 0 spiro atoms. The first-order valence-corrected chi connectivity index (χ1v) is 7.90. The second-order valence-corrected chi connectivity index (χ2v) is 6.76. The monoisotopic (exact) mass is 305 g/mol. The number of nitrogens with zero attached hydrogens (tertiary/aromatic N) is 1. The van der Waals surface area contributed by atoms with Crippen LogP contribution in [-0.4, -0.2) is 47.7 Å². The normalized spacial score (nSPS) is 18.5. The number of likely N-dealkylation sites (N-methyl/N-ethyl adjacent to an activating group) is 1. The maximum absolute atomic E-state index is 12.5. The topological polar surface area (TPSA) is 64.6 Å². The van der Waals surface area contributed by atoms with Crippen molar-refractivity contribution in [2.45, 2.75) is 44.8 Å². The van der Waals surface area contributed by atoms with Crippen molar-refractivity contribution >= 4 is 5.91 Å². The average molecular weight is 305 g/mol. The Kier molecular flexibility index (Phi) is 5.56. The molecule has 0 saturated carbocycles. The Labute approximate surface area is 132 Å². The fourth-order valence-electron chi connectivity index (χ4n) is 2.62. The summed E-state index contributed by atoms with van der Waals surface area (Å²) < 4.78 is 0. The van der Waals surface area contributed by atoms with Gasteiger partial charge in [-0.1, -0.05) is 12.1 Å². The Bertz CT molecular complexity index is 505. The maximum Gasteiger partial charge on any atom is 0.253 e. The van der Waals surface area contributed by atoms with E-state index in [9.17, 15) is 9.90 Å². The van der Waals surface area contributed by atoms with Crippen LogP contribution in [0.3, 0.4) is 0 Å². The highest BCUT2D eigenvalue weighted by molar-refractivity contribution is 5.94. The molecule has 5 nitrogen and oxygen atoms in total. The second-order valence-electron chi connectivity index (χ2n) is 6.76. The van der Waals surface area contributed by atoms with Crippen LogP contribution in [0.15, 0.2) is 24.3 Å². The van der Waals surface area contributed by atoms with Crippen molar-refractivity contribution in [3.63, 3.8) is 0 Å². The summed E-state index contributed by atoms with van der Waals surface area (Å²) in [6.07, 6.45) is 2.48. The predicted octanol–water partition coefficient (Wildman–Crippen LogP) is 1.33. The highest BCUT2D eigenvalue weighted by Gasteiger charge is 2.20. The molecule has 3 N–H and O–H groups in total. The number of aliphatic hydroxyl groups is 1. The number of amides is 1. The third-order valence-electron chi connectivity index (χ3n) is 3.96. The average Bonchev–Trinajstić information content (AvgIpc) is 2.97. The molecule has 22 heavy (non-hydrogen) atoms. The minimum Gasteiger partial charge on any atom is -0.390 e. The zero-order valence-electron chi connectivity index (χ0n) is 13.7. The van der Waals surface area contributed by atoms with Gasteiger partial charge in [-0.15, -0.1) is 0 Å². The lowest BCUT2D eigenvalue weighted by Gasteiger charge is -2.21. The number of benzene rings is 1. The van der Waals surface area contributed by atoms with Gasteiger partial charge in [0.25, 0.3) is 5.91 Å². The lowest BCUT2D eigenvalue weighted by molar-refractivity contribution is 0.0714. The van der Waals surface area contributed by atoms with Gasteiger partial charge in [-0.2, -0.15) is 0 Å². The molecule has 1 heterocycles. The Balaban J connectivity index is 1.96. The summed E-state index contributed by atoms with van der Waals surface area (Å²) in [5.74, 6) is 0.0406. The van der Waals surface area contributed by atoms with Gasteiger partial charge in [-0.25, -0.2) is 0 Å². The van der Waals surface area contributed by atoms with Crippen molar-refractivity contribution < 1.29 is 9.90 Å². The van der Waals surface area contributed by atoms with Gasteiger partial charge in [0, 0.05) is 31.7 Å². The van der Waals surface area contributed by atoms with Crippen LogP contribution in [0, 0.1) is 0 Å². The van der Waals surface area contributed by atoms with Crippen LogP contribution < -0.4 is 10.9 Å². The van der Waals surface area contributed by atoms with Gasteiger partial charge in [-0.05, 0) is 50.8 Å². The summed E-state index contributed by atoms with van der Waals surface area (Å²) in [7, 11) is 1.84. The van der Waals surface area contributed by atoms with Crippen LogP contribution in [-0.2, 0) is 6.42 Å². The molecule has 2 rings (SSSR count). The van der Waals surface area contributed by atoms with Gasteiger partial charge >= 0.3 is 0 Å². The lowest BCUT2D eigenvalue weighted by Crippen LogP contribution is -2.41. The number of hydrogen-bond donors (Lipinski definition) is 3. The molecule has 5 heteroatoms. The van der Waals surface area contributed by atoms with E-state index in [1.807, 2.05) is 31.3 Å². The SMILES string of the molecule is CN(CC1CCNN1)C(=O)c1cccc(CCC(C)(C)O)c1. The van der Waals surface area contributed by atoms with Crippen LogP contribution in [0.25, 0.3) is 0 Å². The standard InChI is InChI=1S/C17H27N3O2/c1-17(2,22)9-7-13-5-4-6-14(11-13)16(21)20(3)12-15-8-10-18-19-15/h4-6,11,15,18-19,22H,7-10,12H2,1-3H3. The van der Waals surface area contributed by atoms with Crippen LogP contribution in [0.2, 0.25) is 0 Å². The van der Waals surface area contributed by atoms with E-state index in [-0.39, 0.29) is 5.91 Å². The van der Waals surface area contributed by atoms with E-state index in [1.54, 1.807) is 18.7 Å². The van der Waals surface area contributed by atoms with Crippen molar-refractivity contribution in [3.8, 4) is 0 Å².